The van der Waals surface area contributed by atoms with E-state index < -0.39 is 0 Å². The van der Waals surface area contributed by atoms with E-state index >= 15 is 0 Å². The molecule has 0 aromatic rings. The van der Waals surface area contributed by atoms with Crippen LogP contribution >= 0.6 is 0 Å². The zero-order valence-corrected chi connectivity index (χ0v) is 6.59. The quantitative estimate of drug-likeness (QED) is 0.488. The van der Waals surface area contributed by atoms with Crippen LogP contribution in [0.5, 0.6) is 0 Å². The lowest BCUT2D eigenvalue weighted by Crippen LogP contribution is -2.23. The Kier molecular flexibility index (Phi) is 1.78. The van der Waals surface area contributed by atoms with Gasteiger partial charge in [0.2, 0.25) is 0 Å². The topological polar surface area (TPSA) is 12.5 Å². The molecule has 3 atom stereocenters. The molecule has 1 saturated heterocycles. The van der Waals surface area contributed by atoms with Gasteiger partial charge < -0.3 is 0 Å². The van der Waals surface area contributed by atoms with Gasteiger partial charge in [0.15, 0.2) is 0 Å². The fourth-order valence-corrected chi connectivity index (χ4v) is 1.18. The zero-order valence-electron chi connectivity index (χ0n) is 6.59. The number of hydroxylamine groups is 2. The predicted octanol–water partition coefficient (Wildman–Crippen LogP) is 1.28. The predicted molar refractivity (Wildman–Crippen MR) is 36.9 cm³/mol. The standard InChI is InChI=1S/C7H15NO/c1-5-6(2)8(4)9-7(5)3/h5-7H,1-4H3. The summed E-state index contributed by atoms with van der Waals surface area (Å²) < 4.78 is 0. The van der Waals surface area contributed by atoms with Gasteiger partial charge in [-0.25, -0.2) is 0 Å². The molecule has 54 valence electrons. The van der Waals surface area contributed by atoms with Crippen LogP contribution in [0, 0.1) is 5.92 Å². The minimum absolute atomic E-state index is 0.394. The van der Waals surface area contributed by atoms with Crippen molar-refractivity contribution < 1.29 is 4.84 Å². The molecule has 9 heavy (non-hydrogen) atoms. The molecule has 0 saturated carbocycles. The van der Waals surface area contributed by atoms with Crippen molar-refractivity contribution in [3.8, 4) is 0 Å². The van der Waals surface area contributed by atoms with Crippen LogP contribution in [0.15, 0.2) is 0 Å². The molecule has 1 rings (SSSR count). The summed E-state index contributed by atoms with van der Waals surface area (Å²) in [5.41, 5.74) is 0. The summed E-state index contributed by atoms with van der Waals surface area (Å²) in [6, 6.07) is 0.569. The van der Waals surface area contributed by atoms with E-state index in [1.54, 1.807) is 0 Å². The van der Waals surface area contributed by atoms with E-state index in [2.05, 4.69) is 20.8 Å². The number of hydrogen-bond acceptors (Lipinski definition) is 2. The van der Waals surface area contributed by atoms with Crippen molar-refractivity contribution in [2.24, 2.45) is 5.92 Å². The minimum Gasteiger partial charge on any atom is -0.296 e. The average molecular weight is 129 g/mol. The smallest absolute Gasteiger partial charge is 0.0806 e. The Labute approximate surface area is 56.8 Å². The van der Waals surface area contributed by atoms with Crippen LogP contribution in [0.1, 0.15) is 20.8 Å². The van der Waals surface area contributed by atoms with Gasteiger partial charge in [-0.2, -0.15) is 5.06 Å². The molecule has 2 nitrogen and oxygen atoms in total. The first kappa shape index (κ1) is 7.03. The van der Waals surface area contributed by atoms with Gasteiger partial charge in [0.25, 0.3) is 0 Å². The summed E-state index contributed by atoms with van der Waals surface area (Å²) in [5, 5.41) is 1.94. The first-order valence-corrected chi connectivity index (χ1v) is 3.52. The number of nitrogens with zero attached hydrogens (tertiary/aromatic N) is 1. The SMILES string of the molecule is CC1ON(C)C(C)C1C. The van der Waals surface area contributed by atoms with Crippen LogP contribution in [0.3, 0.4) is 0 Å². The Morgan fingerprint density at radius 1 is 1.22 bits per heavy atom. The maximum Gasteiger partial charge on any atom is 0.0806 e. The molecule has 0 aromatic carbocycles. The van der Waals surface area contributed by atoms with Crippen molar-refractivity contribution in [1.82, 2.24) is 5.06 Å². The molecule has 1 heterocycles. The second kappa shape index (κ2) is 2.27. The molecule has 0 radical (unpaired) electrons. The van der Waals surface area contributed by atoms with Crippen LogP contribution in [0.25, 0.3) is 0 Å². The second-order valence-corrected chi connectivity index (χ2v) is 2.96. The van der Waals surface area contributed by atoms with Gasteiger partial charge in [-0.05, 0) is 13.8 Å². The summed E-state index contributed by atoms with van der Waals surface area (Å²) in [7, 11) is 1.99. The van der Waals surface area contributed by atoms with Gasteiger partial charge in [0.05, 0.1) is 6.10 Å². The Morgan fingerprint density at radius 3 is 1.89 bits per heavy atom. The molecule has 0 aliphatic carbocycles. The molecule has 1 aliphatic heterocycles. The molecular formula is C7H15NO. The molecule has 2 heteroatoms. The summed E-state index contributed by atoms with van der Waals surface area (Å²) in [5.74, 6) is 0.662. The van der Waals surface area contributed by atoms with Crippen molar-refractivity contribution in [2.45, 2.75) is 32.9 Å². The molecule has 0 amide bonds. The Bertz CT molecular complexity index is 93.1. The lowest BCUT2D eigenvalue weighted by molar-refractivity contribution is -0.135. The van der Waals surface area contributed by atoms with Gasteiger partial charge in [0.1, 0.15) is 0 Å². The summed E-state index contributed by atoms with van der Waals surface area (Å²) in [4.78, 5) is 5.42. The van der Waals surface area contributed by atoms with Crippen molar-refractivity contribution in [3.05, 3.63) is 0 Å². The molecular weight excluding hydrogens is 114 g/mol. The van der Waals surface area contributed by atoms with E-state index in [0.29, 0.717) is 18.1 Å². The molecule has 3 unspecified atom stereocenters. The number of hydrogen-bond donors (Lipinski definition) is 0. The highest BCUT2D eigenvalue weighted by Gasteiger charge is 2.31. The molecule has 0 aromatic heterocycles. The normalized spacial score (nSPS) is 46.0. The van der Waals surface area contributed by atoms with Crippen LogP contribution in [-0.2, 0) is 4.84 Å². The maximum atomic E-state index is 5.42. The van der Waals surface area contributed by atoms with Gasteiger partial charge in [-0.1, -0.05) is 6.92 Å². The van der Waals surface area contributed by atoms with E-state index in [-0.39, 0.29) is 0 Å². The van der Waals surface area contributed by atoms with Crippen LogP contribution in [0.2, 0.25) is 0 Å². The first-order valence-electron chi connectivity index (χ1n) is 3.52. The highest BCUT2D eigenvalue weighted by molar-refractivity contribution is 4.76. The third kappa shape index (κ3) is 1.10. The lowest BCUT2D eigenvalue weighted by Gasteiger charge is -2.13. The molecule has 0 bridgehead atoms. The third-order valence-corrected chi connectivity index (χ3v) is 2.41. The van der Waals surface area contributed by atoms with E-state index in [1.807, 2.05) is 12.1 Å². The highest BCUT2D eigenvalue weighted by Crippen LogP contribution is 2.24. The largest absolute Gasteiger partial charge is 0.296 e. The summed E-state index contributed by atoms with van der Waals surface area (Å²) in [6.07, 6.45) is 0.394. The summed E-state index contributed by atoms with van der Waals surface area (Å²) >= 11 is 0. The van der Waals surface area contributed by atoms with Crippen LogP contribution in [-0.4, -0.2) is 24.3 Å². The Hall–Kier alpha value is -0.0800. The van der Waals surface area contributed by atoms with E-state index in [0.717, 1.165) is 0 Å². The zero-order chi connectivity index (χ0) is 7.02. The van der Waals surface area contributed by atoms with E-state index in [1.165, 1.54) is 0 Å². The Balaban J connectivity index is 2.54. The monoisotopic (exact) mass is 129 g/mol. The van der Waals surface area contributed by atoms with Gasteiger partial charge in [-0.15, -0.1) is 0 Å². The van der Waals surface area contributed by atoms with Crippen molar-refractivity contribution in [3.63, 3.8) is 0 Å². The fourth-order valence-electron chi connectivity index (χ4n) is 1.18. The van der Waals surface area contributed by atoms with Crippen molar-refractivity contribution in [2.75, 3.05) is 7.05 Å². The van der Waals surface area contributed by atoms with E-state index in [4.69, 9.17) is 4.84 Å². The van der Waals surface area contributed by atoms with Crippen molar-refractivity contribution >= 4 is 0 Å². The van der Waals surface area contributed by atoms with E-state index in [9.17, 15) is 0 Å². The van der Waals surface area contributed by atoms with Gasteiger partial charge in [0, 0.05) is 19.0 Å². The third-order valence-electron chi connectivity index (χ3n) is 2.41. The van der Waals surface area contributed by atoms with Gasteiger partial charge >= 0.3 is 0 Å². The van der Waals surface area contributed by atoms with Crippen LogP contribution < -0.4 is 0 Å². The first-order chi connectivity index (χ1) is 4.13. The average Bonchev–Trinajstić information content (AvgIpc) is 1.98. The molecule has 0 spiro atoms. The number of rotatable bonds is 0. The van der Waals surface area contributed by atoms with Crippen LogP contribution in [0.4, 0.5) is 0 Å². The van der Waals surface area contributed by atoms with Crippen molar-refractivity contribution in [1.29, 1.82) is 0 Å². The lowest BCUT2D eigenvalue weighted by atomic mass is 10.0. The minimum atomic E-state index is 0.394. The summed E-state index contributed by atoms with van der Waals surface area (Å²) in [6.45, 7) is 6.53. The second-order valence-electron chi connectivity index (χ2n) is 2.96. The van der Waals surface area contributed by atoms with Gasteiger partial charge in [-0.3, -0.25) is 4.84 Å². The Morgan fingerprint density at radius 2 is 1.78 bits per heavy atom. The maximum absolute atomic E-state index is 5.42. The molecule has 0 N–H and O–H groups in total. The molecule has 1 fully saturated rings. The fraction of sp³-hybridized carbons (Fsp3) is 1.00. The highest BCUT2D eigenvalue weighted by atomic mass is 16.7. The molecule has 1 aliphatic rings.